The fraction of sp³-hybridized carbons (Fsp3) is 0.524. The molecule has 158 valence electrons. The fourth-order valence-corrected chi connectivity index (χ4v) is 3.77. The summed E-state index contributed by atoms with van der Waals surface area (Å²) in [7, 11) is 1.34. The molecule has 1 aromatic carbocycles. The van der Waals surface area contributed by atoms with Gasteiger partial charge in [0.1, 0.15) is 5.82 Å². The van der Waals surface area contributed by atoms with E-state index in [-0.39, 0.29) is 11.7 Å². The Bertz CT molecular complexity index is 790. The van der Waals surface area contributed by atoms with E-state index in [1.54, 1.807) is 24.3 Å². The molecule has 1 aromatic heterocycles. The summed E-state index contributed by atoms with van der Waals surface area (Å²) >= 11 is 1.38. The molecule has 7 nitrogen and oxygen atoms in total. The second-order valence-corrected chi connectivity index (χ2v) is 7.66. The highest BCUT2D eigenvalue weighted by Gasteiger charge is 2.13. The third-order valence-corrected chi connectivity index (χ3v) is 5.50. The zero-order valence-corrected chi connectivity index (χ0v) is 18.3. The Hall–Kier alpha value is -2.35. The van der Waals surface area contributed by atoms with Crippen molar-refractivity contribution in [3.8, 4) is 0 Å². The molecule has 0 spiro atoms. The number of nitrogens with one attached hydrogen (secondary N) is 1. The van der Waals surface area contributed by atoms with Gasteiger partial charge in [-0.3, -0.25) is 4.79 Å². The molecule has 2 aromatic rings. The topological polar surface area (TPSA) is 86.1 Å². The Balaban J connectivity index is 1.84. The zero-order chi connectivity index (χ0) is 21.1. The van der Waals surface area contributed by atoms with Gasteiger partial charge in [0.15, 0.2) is 5.16 Å². The fourth-order valence-electron chi connectivity index (χ4n) is 2.95. The zero-order valence-electron chi connectivity index (χ0n) is 17.4. The van der Waals surface area contributed by atoms with E-state index in [4.69, 9.17) is 0 Å². The predicted octanol–water partition coefficient (Wildman–Crippen LogP) is 4.33. The average molecular weight is 419 g/mol. The molecule has 0 radical (unpaired) electrons. The largest absolute Gasteiger partial charge is 0.465 e. The monoisotopic (exact) mass is 418 g/mol. The maximum Gasteiger partial charge on any atom is 0.337 e. The van der Waals surface area contributed by atoms with Crippen LogP contribution in [0, 0.1) is 0 Å². The number of methoxy groups -OCH3 is 1. The number of hydrogen-bond donors (Lipinski definition) is 1. The molecule has 0 saturated heterocycles. The Morgan fingerprint density at radius 2 is 1.79 bits per heavy atom. The van der Waals surface area contributed by atoms with Crippen LogP contribution in [0.2, 0.25) is 0 Å². The van der Waals surface area contributed by atoms with Gasteiger partial charge in [0.25, 0.3) is 0 Å². The van der Waals surface area contributed by atoms with Crippen LogP contribution in [0.4, 0.5) is 5.69 Å². The minimum absolute atomic E-state index is 0.132. The van der Waals surface area contributed by atoms with Gasteiger partial charge in [0.2, 0.25) is 5.91 Å². The summed E-state index contributed by atoms with van der Waals surface area (Å²) in [5.41, 5.74) is 1.08. The molecule has 8 heteroatoms. The van der Waals surface area contributed by atoms with Crippen LogP contribution < -0.4 is 5.32 Å². The van der Waals surface area contributed by atoms with Crippen molar-refractivity contribution in [3.05, 3.63) is 35.7 Å². The van der Waals surface area contributed by atoms with Crippen LogP contribution in [0.3, 0.4) is 0 Å². The minimum Gasteiger partial charge on any atom is -0.465 e. The summed E-state index contributed by atoms with van der Waals surface area (Å²) in [4.78, 5) is 23.7. The summed E-state index contributed by atoms with van der Waals surface area (Å²) < 4.78 is 6.75. The summed E-state index contributed by atoms with van der Waals surface area (Å²) in [5.74, 6) is 0.698. The first-order valence-electron chi connectivity index (χ1n) is 10.1. The van der Waals surface area contributed by atoms with E-state index in [2.05, 4.69) is 38.7 Å². The van der Waals surface area contributed by atoms with Gasteiger partial charge in [-0.05, 0) is 37.6 Å². The Labute approximate surface area is 176 Å². The van der Waals surface area contributed by atoms with Crippen molar-refractivity contribution < 1.29 is 14.3 Å². The van der Waals surface area contributed by atoms with Gasteiger partial charge in [-0.15, -0.1) is 10.2 Å². The lowest BCUT2D eigenvalue weighted by Crippen LogP contribution is -2.15. The van der Waals surface area contributed by atoms with Crippen molar-refractivity contribution in [2.45, 2.75) is 64.1 Å². The molecule has 0 unspecified atom stereocenters. The average Bonchev–Trinajstić information content (AvgIpc) is 3.13. The molecule has 29 heavy (non-hydrogen) atoms. The van der Waals surface area contributed by atoms with Crippen LogP contribution in [0.1, 0.15) is 62.1 Å². The summed E-state index contributed by atoms with van der Waals surface area (Å²) in [6.45, 7) is 5.07. The van der Waals surface area contributed by atoms with Crippen LogP contribution in [0.5, 0.6) is 0 Å². The van der Waals surface area contributed by atoms with E-state index in [0.29, 0.717) is 11.3 Å². The number of thioether (sulfide) groups is 1. The molecule has 0 aliphatic heterocycles. The van der Waals surface area contributed by atoms with Crippen LogP contribution in [-0.2, 0) is 22.5 Å². The maximum atomic E-state index is 12.3. The molecule has 0 atom stereocenters. The van der Waals surface area contributed by atoms with Gasteiger partial charge in [-0.2, -0.15) is 0 Å². The van der Waals surface area contributed by atoms with Gasteiger partial charge in [0, 0.05) is 18.7 Å². The number of carbonyl (C=O) groups excluding carboxylic acids is 2. The van der Waals surface area contributed by atoms with Gasteiger partial charge in [-0.25, -0.2) is 4.79 Å². The molecule has 1 N–H and O–H groups in total. The first-order chi connectivity index (χ1) is 14.1. The minimum atomic E-state index is -0.404. The van der Waals surface area contributed by atoms with E-state index in [1.165, 1.54) is 44.6 Å². The third-order valence-electron chi connectivity index (χ3n) is 4.54. The highest BCUT2D eigenvalue weighted by molar-refractivity contribution is 7.99. The van der Waals surface area contributed by atoms with Crippen LogP contribution in [0.25, 0.3) is 0 Å². The first kappa shape index (κ1) is 22.9. The van der Waals surface area contributed by atoms with Gasteiger partial charge in [-0.1, -0.05) is 44.4 Å². The molecule has 1 heterocycles. The van der Waals surface area contributed by atoms with E-state index >= 15 is 0 Å². The second-order valence-electron chi connectivity index (χ2n) is 6.71. The lowest BCUT2D eigenvalue weighted by atomic mass is 10.1. The van der Waals surface area contributed by atoms with Gasteiger partial charge < -0.3 is 14.6 Å². The normalized spacial score (nSPS) is 10.7. The van der Waals surface area contributed by atoms with Crippen molar-refractivity contribution in [3.63, 3.8) is 0 Å². The number of ether oxygens (including phenoxy) is 1. The smallest absolute Gasteiger partial charge is 0.337 e. The molecule has 1 amide bonds. The highest BCUT2D eigenvalue weighted by Crippen LogP contribution is 2.19. The van der Waals surface area contributed by atoms with Crippen LogP contribution in [-0.4, -0.2) is 39.5 Å². The number of anilines is 1. The number of carbonyl (C=O) groups is 2. The molecule has 0 aliphatic carbocycles. The van der Waals surface area contributed by atoms with E-state index < -0.39 is 5.97 Å². The quantitative estimate of drug-likeness (QED) is 0.314. The summed E-state index contributed by atoms with van der Waals surface area (Å²) in [5, 5.41) is 12.2. The lowest BCUT2D eigenvalue weighted by Gasteiger charge is -2.08. The Kier molecular flexibility index (Phi) is 9.70. The van der Waals surface area contributed by atoms with Crippen LogP contribution in [0.15, 0.2) is 29.4 Å². The Morgan fingerprint density at radius 3 is 2.45 bits per heavy atom. The number of benzene rings is 1. The van der Waals surface area contributed by atoms with E-state index in [0.717, 1.165) is 30.4 Å². The molecule has 0 saturated carbocycles. The molecule has 2 rings (SSSR count). The van der Waals surface area contributed by atoms with Crippen molar-refractivity contribution in [1.82, 2.24) is 14.8 Å². The van der Waals surface area contributed by atoms with Gasteiger partial charge in [0.05, 0.1) is 18.4 Å². The standard InChI is InChI=1S/C21H30N4O3S/c1-4-6-7-8-9-10-18-23-24-21(25(18)5-2)29-15-19(26)22-17-13-11-16(12-14-17)20(27)28-3/h11-14H,4-10,15H2,1-3H3,(H,22,26). The van der Waals surface area contributed by atoms with Crippen molar-refractivity contribution >= 4 is 29.3 Å². The molecule has 0 aliphatic rings. The highest BCUT2D eigenvalue weighted by atomic mass is 32.2. The van der Waals surface area contributed by atoms with E-state index in [1.807, 2.05) is 0 Å². The first-order valence-corrected chi connectivity index (χ1v) is 11.1. The number of aromatic nitrogens is 3. The van der Waals surface area contributed by atoms with Crippen molar-refractivity contribution in [1.29, 1.82) is 0 Å². The number of aryl methyl sites for hydroxylation is 1. The molecular formula is C21H30N4O3S. The summed E-state index contributed by atoms with van der Waals surface area (Å²) in [6.07, 6.45) is 7.03. The SMILES string of the molecule is CCCCCCCc1nnc(SCC(=O)Nc2ccc(C(=O)OC)cc2)n1CC. The predicted molar refractivity (Wildman–Crippen MR) is 115 cm³/mol. The number of hydrogen-bond acceptors (Lipinski definition) is 6. The van der Waals surface area contributed by atoms with Crippen molar-refractivity contribution in [2.75, 3.05) is 18.2 Å². The summed E-state index contributed by atoms with van der Waals surface area (Å²) in [6, 6.07) is 6.60. The number of rotatable bonds is 12. The number of esters is 1. The number of unbranched alkanes of at least 4 members (excludes halogenated alkanes) is 4. The Morgan fingerprint density at radius 1 is 1.07 bits per heavy atom. The van der Waals surface area contributed by atoms with Crippen molar-refractivity contribution in [2.24, 2.45) is 0 Å². The molecular weight excluding hydrogens is 388 g/mol. The number of amides is 1. The molecule has 0 bridgehead atoms. The number of nitrogens with zero attached hydrogens (tertiary/aromatic N) is 3. The second kappa shape index (κ2) is 12.3. The molecule has 0 fully saturated rings. The third kappa shape index (κ3) is 7.20. The maximum absolute atomic E-state index is 12.3. The van der Waals surface area contributed by atoms with Gasteiger partial charge >= 0.3 is 5.97 Å². The lowest BCUT2D eigenvalue weighted by molar-refractivity contribution is -0.113. The van der Waals surface area contributed by atoms with E-state index in [9.17, 15) is 9.59 Å². The van der Waals surface area contributed by atoms with Crippen LogP contribution >= 0.6 is 11.8 Å².